The highest BCUT2D eigenvalue weighted by Crippen LogP contribution is 2.53. The van der Waals surface area contributed by atoms with Crippen molar-refractivity contribution in [3.8, 4) is 0 Å². The summed E-state index contributed by atoms with van der Waals surface area (Å²) in [7, 11) is 0. The molecule has 1 saturated carbocycles. The Morgan fingerprint density at radius 2 is 2.20 bits per heavy atom. The molecule has 1 aliphatic carbocycles. The lowest BCUT2D eigenvalue weighted by atomic mass is 10.1. The van der Waals surface area contributed by atoms with Gasteiger partial charge in [-0.2, -0.15) is 0 Å². The normalized spacial score (nSPS) is 38.1. The lowest BCUT2D eigenvalue weighted by Crippen LogP contribution is -1.91. The minimum atomic E-state index is -1.31. The van der Waals surface area contributed by atoms with Crippen LogP contribution in [0.15, 0.2) is 0 Å². The van der Waals surface area contributed by atoms with Gasteiger partial charge in [-0.3, -0.25) is 0 Å². The molecule has 1 rings (SSSR count). The molecular weight excluding hydrogens is 151 g/mol. The molecule has 0 aromatic rings. The molecule has 0 N–H and O–H groups in total. The molecule has 0 nitrogen and oxygen atoms in total. The fraction of sp³-hybridized carbons (Fsp3) is 1.00. The first kappa shape index (κ1) is 8.32. The second kappa shape index (κ2) is 3.08. The van der Waals surface area contributed by atoms with Crippen LogP contribution in [-0.4, -0.2) is 5.13 Å². The van der Waals surface area contributed by atoms with E-state index in [0.29, 0.717) is 6.42 Å². The van der Waals surface area contributed by atoms with Crippen LogP contribution in [0.2, 0.25) is 0 Å². The lowest BCUT2D eigenvalue weighted by molar-refractivity contribution is 0.383. The number of hydrogen-bond donors (Lipinski definition) is 0. The molecule has 2 unspecified atom stereocenters. The van der Waals surface area contributed by atoms with Crippen molar-refractivity contribution in [3.05, 3.63) is 0 Å². The Labute approximate surface area is 66.8 Å². The third-order valence-corrected chi connectivity index (χ3v) is 2.57. The van der Waals surface area contributed by atoms with E-state index in [9.17, 15) is 4.39 Å². The maximum absolute atomic E-state index is 12.7. The van der Waals surface area contributed by atoms with Crippen LogP contribution in [0.5, 0.6) is 0 Å². The molecule has 0 heterocycles. The van der Waals surface area contributed by atoms with Crippen LogP contribution in [-0.2, 0) is 0 Å². The monoisotopic (exact) mass is 164 g/mol. The van der Waals surface area contributed by atoms with Gasteiger partial charge in [0.2, 0.25) is 0 Å². The Balaban J connectivity index is 1.97. The zero-order valence-electron chi connectivity index (χ0n) is 6.37. The topological polar surface area (TPSA) is 0 Å². The van der Waals surface area contributed by atoms with Gasteiger partial charge in [0.25, 0.3) is 0 Å². The molecule has 2 heteroatoms. The third-order valence-electron chi connectivity index (χ3n) is 2.11. The first-order valence-electron chi connectivity index (χ1n) is 4.04. The van der Waals surface area contributed by atoms with Crippen molar-refractivity contribution in [2.75, 3.05) is 0 Å². The van der Waals surface area contributed by atoms with Gasteiger partial charge in [0.05, 0.1) is 0 Å². The average molecular weight is 165 g/mol. The molecule has 1 fully saturated rings. The Hall–Kier alpha value is 0.220. The molecular formula is C8H14ClF. The predicted octanol–water partition coefficient (Wildman–Crippen LogP) is 3.49. The van der Waals surface area contributed by atoms with E-state index in [1.165, 1.54) is 12.8 Å². The van der Waals surface area contributed by atoms with Crippen LogP contribution >= 0.6 is 11.6 Å². The summed E-state index contributed by atoms with van der Waals surface area (Å²) in [5, 5.41) is -1.31. The van der Waals surface area contributed by atoms with Gasteiger partial charge in [0, 0.05) is 12.3 Å². The molecule has 0 aromatic heterocycles. The summed E-state index contributed by atoms with van der Waals surface area (Å²) in [6.45, 7) is 2.15. The SMILES string of the molecule is CCCCCC1CC1(F)Cl. The van der Waals surface area contributed by atoms with E-state index in [4.69, 9.17) is 11.6 Å². The van der Waals surface area contributed by atoms with Crippen molar-refractivity contribution < 1.29 is 4.39 Å². The predicted molar refractivity (Wildman–Crippen MR) is 41.9 cm³/mol. The number of unbranched alkanes of at least 4 members (excludes halogenated alkanes) is 2. The summed E-state index contributed by atoms with van der Waals surface area (Å²) in [5.74, 6) is 0.167. The Bertz CT molecular complexity index is 112. The smallest absolute Gasteiger partial charge is 0.187 e. The Kier molecular flexibility index (Phi) is 2.56. The van der Waals surface area contributed by atoms with E-state index in [1.807, 2.05) is 0 Å². The van der Waals surface area contributed by atoms with Gasteiger partial charge in [0.1, 0.15) is 0 Å². The Morgan fingerprint density at radius 3 is 2.60 bits per heavy atom. The van der Waals surface area contributed by atoms with Crippen molar-refractivity contribution in [2.45, 2.75) is 44.2 Å². The van der Waals surface area contributed by atoms with Gasteiger partial charge in [-0.1, -0.05) is 37.8 Å². The maximum Gasteiger partial charge on any atom is 0.187 e. The summed E-state index contributed by atoms with van der Waals surface area (Å²) >= 11 is 5.42. The van der Waals surface area contributed by atoms with E-state index in [1.54, 1.807) is 0 Å². The van der Waals surface area contributed by atoms with Crippen LogP contribution in [0.3, 0.4) is 0 Å². The standard InChI is InChI=1S/C8H14ClF/c1-2-3-4-5-7-6-8(7,9)10/h7H,2-6H2,1H3. The summed E-state index contributed by atoms with van der Waals surface area (Å²) in [4.78, 5) is 0. The molecule has 0 bridgehead atoms. The molecule has 0 saturated heterocycles. The minimum absolute atomic E-state index is 0.167. The van der Waals surface area contributed by atoms with Crippen LogP contribution < -0.4 is 0 Å². The number of hydrogen-bond acceptors (Lipinski definition) is 0. The van der Waals surface area contributed by atoms with Crippen molar-refractivity contribution >= 4 is 11.6 Å². The summed E-state index contributed by atoms with van der Waals surface area (Å²) in [6, 6.07) is 0. The zero-order chi connectivity index (χ0) is 7.61. The van der Waals surface area contributed by atoms with Crippen molar-refractivity contribution in [3.63, 3.8) is 0 Å². The van der Waals surface area contributed by atoms with Crippen molar-refractivity contribution in [2.24, 2.45) is 5.92 Å². The zero-order valence-corrected chi connectivity index (χ0v) is 7.12. The van der Waals surface area contributed by atoms with Crippen LogP contribution in [0.4, 0.5) is 4.39 Å². The number of alkyl halides is 2. The molecule has 10 heavy (non-hydrogen) atoms. The van der Waals surface area contributed by atoms with Gasteiger partial charge in [-0.15, -0.1) is 0 Å². The van der Waals surface area contributed by atoms with Crippen LogP contribution in [0.25, 0.3) is 0 Å². The molecule has 0 aliphatic heterocycles. The molecule has 0 amide bonds. The molecule has 60 valence electrons. The number of rotatable bonds is 4. The van der Waals surface area contributed by atoms with E-state index < -0.39 is 5.13 Å². The van der Waals surface area contributed by atoms with E-state index in [-0.39, 0.29) is 5.92 Å². The molecule has 0 aromatic carbocycles. The van der Waals surface area contributed by atoms with Gasteiger partial charge in [0.15, 0.2) is 5.13 Å². The first-order valence-corrected chi connectivity index (χ1v) is 4.42. The quantitative estimate of drug-likeness (QED) is 0.441. The minimum Gasteiger partial charge on any atom is -0.226 e. The lowest BCUT2D eigenvalue weighted by Gasteiger charge is -1.96. The maximum atomic E-state index is 12.7. The van der Waals surface area contributed by atoms with Gasteiger partial charge in [-0.25, -0.2) is 4.39 Å². The summed E-state index contributed by atoms with van der Waals surface area (Å²) < 4.78 is 12.7. The molecule has 0 radical (unpaired) electrons. The summed E-state index contributed by atoms with van der Waals surface area (Å²) in [5.41, 5.74) is 0. The summed E-state index contributed by atoms with van der Waals surface area (Å²) in [6.07, 6.45) is 5.11. The Morgan fingerprint density at radius 1 is 1.60 bits per heavy atom. The number of halogens is 2. The fourth-order valence-electron chi connectivity index (χ4n) is 1.22. The second-order valence-electron chi connectivity index (χ2n) is 3.16. The highest BCUT2D eigenvalue weighted by atomic mass is 35.5. The van der Waals surface area contributed by atoms with E-state index >= 15 is 0 Å². The largest absolute Gasteiger partial charge is 0.226 e. The average Bonchev–Trinajstić information content (AvgIpc) is 2.41. The highest BCUT2D eigenvalue weighted by molar-refractivity contribution is 6.24. The molecule has 1 aliphatic rings. The highest BCUT2D eigenvalue weighted by Gasteiger charge is 2.53. The van der Waals surface area contributed by atoms with Gasteiger partial charge in [-0.05, 0) is 6.42 Å². The van der Waals surface area contributed by atoms with Crippen molar-refractivity contribution in [1.29, 1.82) is 0 Å². The van der Waals surface area contributed by atoms with Gasteiger partial charge < -0.3 is 0 Å². The van der Waals surface area contributed by atoms with Crippen molar-refractivity contribution in [1.82, 2.24) is 0 Å². The molecule has 0 spiro atoms. The third kappa shape index (κ3) is 2.12. The molecule has 2 atom stereocenters. The second-order valence-corrected chi connectivity index (χ2v) is 3.79. The van der Waals surface area contributed by atoms with E-state index in [2.05, 4.69) is 6.92 Å². The first-order chi connectivity index (χ1) is 4.67. The fourth-order valence-corrected chi connectivity index (χ4v) is 1.52. The van der Waals surface area contributed by atoms with Crippen LogP contribution in [0, 0.1) is 5.92 Å². The van der Waals surface area contributed by atoms with Gasteiger partial charge >= 0.3 is 0 Å². The van der Waals surface area contributed by atoms with E-state index in [0.717, 1.165) is 12.8 Å². The van der Waals surface area contributed by atoms with Crippen LogP contribution in [0.1, 0.15) is 39.0 Å².